The Labute approximate surface area is 223 Å². The van der Waals surface area contributed by atoms with Crippen molar-refractivity contribution in [2.75, 3.05) is 13.2 Å². The van der Waals surface area contributed by atoms with E-state index in [1.54, 1.807) is 4.90 Å². The second-order valence-electron chi connectivity index (χ2n) is 9.13. The summed E-state index contributed by atoms with van der Waals surface area (Å²) in [6, 6.07) is 24.7. The first-order chi connectivity index (χ1) is 17.4. The lowest BCUT2D eigenvalue weighted by Gasteiger charge is -2.31. The summed E-state index contributed by atoms with van der Waals surface area (Å²) < 4.78 is 6.99. The molecule has 0 aliphatic rings. The molecule has 1 N–H and O–H groups in total. The number of ether oxygens (including phenoxy) is 1. The Morgan fingerprint density at radius 2 is 1.58 bits per heavy atom. The molecule has 0 bridgehead atoms. The predicted molar refractivity (Wildman–Crippen MR) is 148 cm³/mol. The summed E-state index contributed by atoms with van der Waals surface area (Å²) in [6.07, 6.45) is 1.24. The van der Waals surface area contributed by atoms with E-state index in [1.165, 1.54) is 0 Å². The Morgan fingerprint density at radius 1 is 0.917 bits per heavy atom. The smallest absolute Gasteiger partial charge is 0.261 e. The number of amides is 2. The number of benzene rings is 3. The predicted octanol–water partition coefficient (Wildman–Crippen LogP) is 6.12. The number of halogens is 1. The van der Waals surface area contributed by atoms with Crippen molar-refractivity contribution in [1.29, 1.82) is 0 Å². The summed E-state index contributed by atoms with van der Waals surface area (Å²) in [4.78, 5) is 28.7. The lowest BCUT2D eigenvalue weighted by atomic mass is 10.0. The lowest BCUT2D eigenvalue weighted by Crippen LogP contribution is -2.51. The molecule has 0 saturated heterocycles. The number of nitrogens with zero attached hydrogens (tertiary/aromatic N) is 1. The Bertz CT molecular complexity index is 1120. The molecule has 0 aliphatic carbocycles. The van der Waals surface area contributed by atoms with Crippen molar-refractivity contribution in [1.82, 2.24) is 10.2 Å². The van der Waals surface area contributed by atoms with Crippen LogP contribution in [-0.4, -0.2) is 35.9 Å². The van der Waals surface area contributed by atoms with Crippen molar-refractivity contribution >= 4 is 27.7 Å². The van der Waals surface area contributed by atoms with E-state index in [2.05, 4.69) is 35.1 Å². The van der Waals surface area contributed by atoms with Crippen LogP contribution in [0.25, 0.3) is 0 Å². The van der Waals surface area contributed by atoms with Gasteiger partial charge in [0.2, 0.25) is 5.91 Å². The van der Waals surface area contributed by atoms with Crippen molar-refractivity contribution in [3.05, 3.63) is 100 Å². The highest BCUT2D eigenvalue weighted by Crippen LogP contribution is 2.26. The summed E-state index contributed by atoms with van der Waals surface area (Å²) in [5.74, 6) is 0.568. The summed E-state index contributed by atoms with van der Waals surface area (Å²) in [5, 5.41) is 3.00. The summed E-state index contributed by atoms with van der Waals surface area (Å²) in [7, 11) is 0. The number of hydrogen-bond acceptors (Lipinski definition) is 3. The maximum absolute atomic E-state index is 13.7. The van der Waals surface area contributed by atoms with Gasteiger partial charge in [-0.3, -0.25) is 9.59 Å². The molecule has 0 saturated carbocycles. The molecule has 0 radical (unpaired) electrons. The molecule has 190 valence electrons. The van der Waals surface area contributed by atoms with E-state index < -0.39 is 6.04 Å². The molecule has 5 nitrogen and oxygen atoms in total. The molecule has 6 heteroatoms. The number of carbonyl (C=O) groups excluding carboxylic acids is 2. The van der Waals surface area contributed by atoms with E-state index in [0.717, 1.165) is 27.6 Å². The summed E-state index contributed by atoms with van der Waals surface area (Å²) >= 11 is 3.47. The Morgan fingerprint density at radius 3 is 2.25 bits per heavy atom. The van der Waals surface area contributed by atoms with Gasteiger partial charge in [0.05, 0.1) is 0 Å². The van der Waals surface area contributed by atoms with E-state index in [0.29, 0.717) is 25.3 Å². The van der Waals surface area contributed by atoms with E-state index in [9.17, 15) is 9.59 Å². The second-order valence-corrected chi connectivity index (χ2v) is 10.0. The van der Waals surface area contributed by atoms with Gasteiger partial charge in [0.25, 0.3) is 5.91 Å². The van der Waals surface area contributed by atoms with Gasteiger partial charge >= 0.3 is 0 Å². The van der Waals surface area contributed by atoms with Crippen molar-refractivity contribution in [3.8, 4) is 5.75 Å². The molecule has 0 fully saturated rings. The molecular formula is C30H35BrN2O3. The third-order valence-electron chi connectivity index (χ3n) is 5.98. The number of carbonyl (C=O) groups is 2. The molecule has 1 atom stereocenters. The minimum Gasteiger partial charge on any atom is -0.483 e. The van der Waals surface area contributed by atoms with Crippen LogP contribution >= 0.6 is 15.9 Å². The van der Waals surface area contributed by atoms with Gasteiger partial charge in [-0.1, -0.05) is 97.4 Å². The molecule has 0 unspecified atom stereocenters. The van der Waals surface area contributed by atoms with E-state index in [4.69, 9.17) is 4.74 Å². The molecule has 2 amide bonds. The van der Waals surface area contributed by atoms with Crippen LogP contribution in [0.15, 0.2) is 83.3 Å². The first-order valence-corrected chi connectivity index (χ1v) is 13.3. The Balaban J connectivity index is 1.90. The highest BCUT2D eigenvalue weighted by molar-refractivity contribution is 9.10. The molecule has 36 heavy (non-hydrogen) atoms. The average Bonchev–Trinajstić information content (AvgIpc) is 2.89. The zero-order valence-electron chi connectivity index (χ0n) is 21.2. The van der Waals surface area contributed by atoms with E-state index in [1.807, 2.05) is 85.8 Å². The molecule has 0 aromatic heterocycles. The Hall–Kier alpha value is -3.12. The van der Waals surface area contributed by atoms with Crippen LogP contribution in [0.5, 0.6) is 5.75 Å². The van der Waals surface area contributed by atoms with Gasteiger partial charge in [-0.25, -0.2) is 0 Å². The van der Waals surface area contributed by atoms with Crippen LogP contribution < -0.4 is 10.1 Å². The summed E-state index contributed by atoms with van der Waals surface area (Å²) in [6.45, 7) is 6.92. The SMILES string of the molecule is CCCNC(=O)[C@H](Cc1ccccc1)N(Cc1ccc(Br)cc1)C(=O)COc1ccccc1C(C)C. The monoisotopic (exact) mass is 550 g/mol. The quantitative estimate of drug-likeness (QED) is 0.295. The van der Waals surface area contributed by atoms with Crippen LogP contribution in [0, 0.1) is 0 Å². The molecular weight excluding hydrogens is 516 g/mol. The van der Waals surface area contributed by atoms with Gasteiger partial charge in [0, 0.05) is 24.0 Å². The maximum Gasteiger partial charge on any atom is 0.261 e. The van der Waals surface area contributed by atoms with E-state index in [-0.39, 0.29) is 24.3 Å². The van der Waals surface area contributed by atoms with Crippen molar-refractivity contribution in [2.24, 2.45) is 0 Å². The number of rotatable bonds is 12. The normalized spacial score (nSPS) is 11.7. The molecule has 3 rings (SSSR count). The average molecular weight is 552 g/mol. The number of para-hydroxylation sites is 1. The minimum absolute atomic E-state index is 0.146. The summed E-state index contributed by atoms with van der Waals surface area (Å²) in [5.41, 5.74) is 2.98. The van der Waals surface area contributed by atoms with Crippen LogP contribution in [0.2, 0.25) is 0 Å². The largest absolute Gasteiger partial charge is 0.483 e. The standard InChI is InChI=1S/C30H35BrN2O3/c1-4-18-32-30(35)27(19-23-10-6-5-7-11-23)33(20-24-14-16-25(31)17-15-24)29(34)21-36-28-13-9-8-12-26(28)22(2)3/h5-17,22,27H,4,18-21H2,1-3H3,(H,32,35)/t27-/m0/s1. The first-order valence-electron chi connectivity index (χ1n) is 12.5. The highest BCUT2D eigenvalue weighted by atomic mass is 79.9. The highest BCUT2D eigenvalue weighted by Gasteiger charge is 2.30. The lowest BCUT2D eigenvalue weighted by molar-refractivity contribution is -0.142. The van der Waals surface area contributed by atoms with Crippen LogP contribution in [-0.2, 0) is 22.6 Å². The third-order valence-corrected chi connectivity index (χ3v) is 6.51. The fraction of sp³-hybridized carbons (Fsp3) is 0.333. The minimum atomic E-state index is -0.668. The van der Waals surface area contributed by atoms with Gasteiger partial charge in [-0.2, -0.15) is 0 Å². The van der Waals surface area contributed by atoms with Gasteiger partial charge in [-0.05, 0) is 47.2 Å². The fourth-order valence-electron chi connectivity index (χ4n) is 4.02. The fourth-order valence-corrected chi connectivity index (χ4v) is 4.28. The van der Waals surface area contributed by atoms with E-state index >= 15 is 0 Å². The molecule has 0 heterocycles. The number of nitrogens with one attached hydrogen (secondary N) is 1. The zero-order valence-corrected chi connectivity index (χ0v) is 22.8. The number of hydrogen-bond donors (Lipinski definition) is 1. The molecule has 0 spiro atoms. The zero-order chi connectivity index (χ0) is 25.9. The van der Waals surface area contributed by atoms with Gasteiger partial charge < -0.3 is 15.0 Å². The second kappa shape index (κ2) is 13.8. The molecule has 3 aromatic carbocycles. The van der Waals surface area contributed by atoms with Crippen LogP contribution in [0.4, 0.5) is 0 Å². The van der Waals surface area contributed by atoms with Crippen molar-refractivity contribution in [2.45, 2.75) is 52.1 Å². The van der Waals surface area contributed by atoms with Gasteiger partial charge in [-0.15, -0.1) is 0 Å². The van der Waals surface area contributed by atoms with Crippen LogP contribution in [0.3, 0.4) is 0 Å². The third kappa shape index (κ3) is 7.95. The Kier molecular flexibility index (Phi) is 10.6. The topological polar surface area (TPSA) is 58.6 Å². The molecule has 0 aliphatic heterocycles. The van der Waals surface area contributed by atoms with Crippen LogP contribution in [0.1, 0.15) is 49.8 Å². The van der Waals surface area contributed by atoms with Crippen molar-refractivity contribution < 1.29 is 14.3 Å². The molecule has 3 aromatic rings. The maximum atomic E-state index is 13.7. The van der Waals surface area contributed by atoms with Gasteiger partial charge in [0.15, 0.2) is 6.61 Å². The van der Waals surface area contributed by atoms with Gasteiger partial charge in [0.1, 0.15) is 11.8 Å². The first kappa shape index (κ1) is 27.5. The van der Waals surface area contributed by atoms with Crippen molar-refractivity contribution in [3.63, 3.8) is 0 Å².